The molecule has 0 fully saturated rings. The molecule has 1 aliphatic rings. The Morgan fingerprint density at radius 1 is 1.17 bits per heavy atom. The van der Waals surface area contributed by atoms with Crippen molar-refractivity contribution in [2.45, 2.75) is 19.9 Å². The van der Waals surface area contributed by atoms with Gasteiger partial charge in [0.25, 0.3) is 5.91 Å². The lowest BCUT2D eigenvalue weighted by Gasteiger charge is -2.05. The van der Waals surface area contributed by atoms with E-state index >= 15 is 0 Å². The summed E-state index contributed by atoms with van der Waals surface area (Å²) in [6.45, 7) is 2.94. The van der Waals surface area contributed by atoms with E-state index in [9.17, 15) is 9.59 Å². The predicted octanol–water partition coefficient (Wildman–Crippen LogP) is 3.13. The van der Waals surface area contributed by atoms with E-state index in [1.54, 1.807) is 24.3 Å². The van der Waals surface area contributed by atoms with Crippen LogP contribution in [0.5, 0.6) is 17.2 Å². The first-order valence-electron chi connectivity index (χ1n) is 9.40. The summed E-state index contributed by atoms with van der Waals surface area (Å²) in [4.78, 5) is 29.2. The van der Waals surface area contributed by atoms with Gasteiger partial charge in [-0.15, -0.1) is 0 Å². The fourth-order valence-corrected chi connectivity index (χ4v) is 4.14. The molecule has 9 heteroatoms. The van der Waals surface area contributed by atoms with Crippen LogP contribution in [0.4, 0.5) is 0 Å². The van der Waals surface area contributed by atoms with Crippen molar-refractivity contribution in [3.8, 4) is 17.2 Å². The van der Waals surface area contributed by atoms with E-state index in [4.69, 9.17) is 18.9 Å². The van der Waals surface area contributed by atoms with Crippen LogP contribution in [0, 0.1) is 0 Å². The van der Waals surface area contributed by atoms with Gasteiger partial charge in [-0.25, -0.2) is 0 Å². The second-order valence-electron chi connectivity index (χ2n) is 6.41. The minimum Gasteiger partial charge on any atom is -0.494 e. The monoisotopic (exact) mass is 428 g/mol. The summed E-state index contributed by atoms with van der Waals surface area (Å²) in [5.74, 6) is 1.24. The molecule has 0 atom stereocenters. The van der Waals surface area contributed by atoms with Gasteiger partial charge in [0.15, 0.2) is 16.3 Å². The molecule has 0 bridgehead atoms. The number of esters is 1. The van der Waals surface area contributed by atoms with Crippen molar-refractivity contribution in [1.82, 2.24) is 4.57 Å². The van der Waals surface area contributed by atoms with Gasteiger partial charge in [-0.3, -0.25) is 9.59 Å². The number of ether oxygens (including phenoxy) is 4. The van der Waals surface area contributed by atoms with Gasteiger partial charge in [-0.1, -0.05) is 11.3 Å². The molecule has 0 aliphatic carbocycles. The van der Waals surface area contributed by atoms with Crippen LogP contribution in [0.3, 0.4) is 0 Å². The third-order valence-corrected chi connectivity index (χ3v) is 5.59. The molecule has 0 saturated carbocycles. The second kappa shape index (κ2) is 8.58. The summed E-state index contributed by atoms with van der Waals surface area (Å²) in [5, 5.41) is 0. The van der Waals surface area contributed by atoms with Gasteiger partial charge in [0.05, 0.1) is 30.4 Å². The average molecular weight is 428 g/mol. The highest BCUT2D eigenvalue weighted by molar-refractivity contribution is 7.16. The molecule has 1 aliphatic heterocycles. The first-order valence-corrected chi connectivity index (χ1v) is 10.2. The zero-order valence-corrected chi connectivity index (χ0v) is 17.4. The average Bonchev–Trinajstić information content (AvgIpc) is 3.34. The van der Waals surface area contributed by atoms with Crippen LogP contribution in [-0.4, -0.2) is 37.0 Å². The number of hydrogen-bond donors (Lipinski definition) is 0. The molecule has 0 saturated heterocycles. The SMILES string of the molecule is CCOc1ccc(C(=O)N=c2sc3cc4c(cc3n2CCC(=O)OC)OCO4)cc1. The molecular weight excluding hydrogens is 408 g/mol. The van der Waals surface area contributed by atoms with Crippen molar-refractivity contribution >= 4 is 33.4 Å². The quantitative estimate of drug-likeness (QED) is 0.561. The van der Waals surface area contributed by atoms with Gasteiger partial charge < -0.3 is 23.5 Å². The lowest BCUT2D eigenvalue weighted by atomic mass is 10.2. The number of fused-ring (bicyclic) bond motifs is 2. The fraction of sp³-hybridized carbons (Fsp3) is 0.286. The normalized spacial score (nSPS) is 12.9. The van der Waals surface area contributed by atoms with E-state index in [2.05, 4.69) is 4.99 Å². The van der Waals surface area contributed by atoms with Crippen molar-refractivity contribution in [3.63, 3.8) is 0 Å². The number of carbonyl (C=O) groups excluding carboxylic acids is 2. The Morgan fingerprint density at radius 3 is 2.60 bits per heavy atom. The standard InChI is InChI=1S/C21H20N2O6S/c1-3-27-14-6-4-13(5-7-14)20(25)22-21-23(9-8-19(24)26-2)15-10-16-17(29-12-28-16)11-18(15)30-21/h4-7,10-11H,3,8-9,12H2,1-2H3. The molecule has 4 rings (SSSR count). The summed E-state index contributed by atoms with van der Waals surface area (Å²) >= 11 is 1.35. The minimum absolute atomic E-state index is 0.154. The number of hydrogen-bond acceptors (Lipinski definition) is 7. The molecular formula is C21H20N2O6S. The molecule has 1 aromatic heterocycles. The van der Waals surface area contributed by atoms with Gasteiger partial charge in [0, 0.05) is 24.2 Å². The molecule has 1 amide bonds. The number of nitrogens with zero attached hydrogens (tertiary/aromatic N) is 2. The maximum Gasteiger partial charge on any atom is 0.307 e. The van der Waals surface area contributed by atoms with Crippen LogP contribution in [-0.2, 0) is 16.1 Å². The summed E-state index contributed by atoms with van der Waals surface area (Å²) in [5.41, 5.74) is 1.26. The highest BCUT2D eigenvalue weighted by Gasteiger charge is 2.18. The van der Waals surface area contributed by atoms with Crippen LogP contribution in [0.25, 0.3) is 10.2 Å². The zero-order valence-electron chi connectivity index (χ0n) is 16.5. The number of carbonyl (C=O) groups is 2. The Balaban J connectivity index is 1.74. The molecule has 0 spiro atoms. The Morgan fingerprint density at radius 2 is 1.90 bits per heavy atom. The van der Waals surface area contributed by atoms with E-state index in [1.165, 1.54) is 18.4 Å². The van der Waals surface area contributed by atoms with Crippen molar-refractivity contribution in [3.05, 3.63) is 46.8 Å². The fourth-order valence-electron chi connectivity index (χ4n) is 3.08. The largest absolute Gasteiger partial charge is 0.494 e. The predicted molar refractivity (Wildman–Crippen MR) is 110 cm³/mol. The third-order valence-electron chi connectivity index (χ3n) is 4.55. The van der Waals surface area contributed by atoms with Gasteiger partial charge in [-0.05, 0) is 31.2 Å². The molecule has 8 nitrogen and oxygen atoms in total. The van der Waals surface area contributed by atoms with Gasteiger partial charge >= 0.3 is 5.97 Å². The molecule has 0 radical (unpaired) electrons. The lowest BCUT2D eigenvalue weighted by Crippen LogP contribution is -2.19. The molecule has 0 N–H and O–H groups in total. The summed E-state index contributed by atoms with van der Waals surface area (Å²) in [7, 11) is 1.34. The van der Waals surface area contributed by atoms with E-state index < -0.39 is 0 Å². The minimum atomic E-state index is -0.378. The van der Waals surface area contributed by atoms with Crippen LogP contribution in [0.2, 0.25) is 0 Å². The first kappa shape index (κ1) is 20.0. The molecule has 2 aromatic carbocycles. The van der Waals surface area contributed by atoms with Crippen LogP contribution in [0.15, 0.2) is 41.4 Å². The number of benzene rings is 2. The van der Waals surface area contributed by atoms with Gasteiger partial charge in [0.2, 0.25) is 6.79 Å². The smallest absolute Gasteiger partial charge is 0.307 e. The molecule has 156 valence electrons. The molecule has 3 aromatic rings. The molecule has 2 heterocycles. The van der Waals surface area contributed by atoms with Crippen molar-refractivity contribution in [1.29, 1.82) is 0 Å². The van der Waals surface area contributed by atoms with E-state index in [1.807, 2.05) is 23.6 Å². The molecule has 30 heavy (non-hydrogen) atoms. The lowest BCUT2D eigenvalue weighted by molar-refractivity contribution is -0.140. The highest BCUT2D eigenvalue weighted by Crippen LogP contribution is 2.37. The van der Waals surface area contributed by atoms with Crippen molar-refractivity contribution in [2.24, 2.45) is 4.99 Å². The maximum absolute atomic E-state index is 12.8. The number of rotatable bonds is 6. The number of thiazole rings is 1. The Kier molecular flexibility index (Phi) is 5.71. The topological polar surface area (TPSA) is 88.4 Å². The summed E-state index contributed by atoms with van der Waals surface area (Å²) in [6, 6.07) is 10.5. The zero-order chi connectivity index (χ0) is 21.1. The van der Waals surface area contributed by atoms with Gasteiger partial charge in [-0.2, -0.15) is 4.99 Å². The van der Waals surface area contributed by atoms with Crippen LogP contribution >= 0.6 is 11.3 Å². The number of methoxy groups -OCH3 is 1. The Bertz CT molecular complexity index is 1160. The number of aromatic nitrogens is 1. The van der Waals surface area contributed by atoms with Crippen molar-refractivity contribution < 1.29 is 28.5 Å². The van der Waals surface area contributed by atoms with E-state index in [0.717, 1.165) is 10.2 Å². The Hall–Kier alpha value is -3.33. The summed E-state index contributed by atoms with van der Waals surface area (Å²) < 4.78 is 23.8. The van der Waals surface area contributed by atoms with Crippen LogP contribution < -0.4 is 19.0 Å². The first-order chi connectivity index (χ1) is 14.6. The summed E-state index contributed by atoms with van der Waals surface area (Å²) in [6.07, 6.45) is 0.154. The van der Waals surface area contributed by atoms with E-state index in [-0.39, 0.29) is 25.1 Å². The van der Waals surface area contributed by atoms with Crippen LogP contribution in [0.1, 0.15) is 23.7 Å². The van der Waals surface area contributed by atoms with Gasteiger partial charge in [0.1, 0.15) is 5.75 Å². The molecule has 0 unspecified atom stereocenters. The highest BCUT2D eigenvalue weighted by atomic mass is 32.1. The number of amides is 1. The maximum atomic E-state index is 12.8. The second-order valence-corrected chi connectivity index (χ2v) is 7.42. The van der Waals surface area contributed by atoms with Crippen molar-refractivity contribution in [2.75, 3.05) is 20.5 Å². The number of aryl methyl sites for hydroxylation is 1. The Labute approximate surface area is 176 Å². The van der Waals surface area contributed by atoms with E-state index in [0.29, 0.717) is 40.8 Å². The third kappa shape index (κ3) is 4.02.